The van der Waals surface area contributed by atoms with Gasteiger partial charge in [-0.3, -0.25) is 14.3 Å². The summed E-state index contributed by atoms with van der Waals surface area (Å²) >= 11 is 0. The lowest BCUT2D eigenvalue weighted by atomic mass is 9.94. The highest BCUT2D eigenvalue weighted by molar-refractivity contribution is 5.37. The third-order valence-corrected chi connectivity index (χ3v) is 6.32. The first kappa shape index (κ1) is 21.3. The Kier molecular flexibility index (Phi) is 5.71. The minimum atomic E-state index is -1.04. The average molecular weight is 419 g/mol. The van der Waals surface area contributed by atoms with E-state index in [4.69, 9.17) is 0 Å². The Morgan fingerprint density at radius 3 is 2.45 bits per heavy atom. The maximum Gasteiger partial charge on any atom is 0.330 e. The molecule has 0 fully saturated rings. The quantitative estimate of drug-likeness (QED) is 0.655. The fourth-order valence-corrected chi connectivity index (χ4v) is 5.11. The first-order chi connectivity index (χ1) is 14.8. The molecule has 5 heteroatoms. The summed E-state index contributed by atoms with van der Waals surface area (Å²) in [5, 5.41) is 11.5. The molecule has 31 heavy (non-hydrogen) atoms. The van der Waals surface area contributed by atoms with Crippen molar-refractivity contribution in [1.82, 2.24) is 9.55 Å². The van der Waals surface area contributed by atoms with Gasteiger partial charge in [0.15, 0.2) is 0 Å². The molecule has 1 aliphatic carbocycles. The van der Waals surface area contributed by atoms with Crippen molar-refractivity contribution in [2.24, 2.45) is 0 Å². The lowest BCUT2D eigenvalue weighted by Crippen LogP contribution is -2.39. The minimum absolute atomic E-state index is 0.0837. The maximum absolute atomic E-state index is 13.0. The summed E-state index contributed by atoms with van der Waals surface area (Å²) < 4.78 is 1.43. The summed E-state index contributed by atoms with van der Waals surface area (Å²) in [7, 11) is 0. The highest BCUT2D eigenvalue weighted by Gasteiger charge is 2.32. The van der Waals surface area contributed by atoms with Crippen LogP contribution in [-0.2, 0) is 12.8 Å². The minimum Gasteiger partial charge on any atom is -0.372 e. The number of aliphatic hydroxyl groups excluding tert-OH is 1. The average Bonchev–Trinajstić information content (AvgIpc) is 3.10. The Hall–Kier alpha value is -2.92. The summed E-state index contributed by atoms with van der Waals surface area (Å²) in [5.74, 6) is -0.266. The zero-order chi connectivity index (χ0) is 22.3. The number of fused-ring (bicyclic) bond motifs is 1. The number of benzene rings is 2. The third-order valence-electron chi connectivity index (χ3n) is 6.32. The van der Waals surface area contributed by atoms with Gasteiger partial charge >= 0.3 is 5.69 Å². The number of aryl methyl sites for hydroxylation is 3. The van der Waals surface area contributed by atoms with Crippen molar-refractivity contribution in [3.8, 4) is 0 Å². The molecule has 0 radical (unpaired) electrons. The molecule has 0 amide bonds. The lowest BCUT2D eigenvalue weighted by molar-refractivity contribution is 0.0658. The van der Waals surface area contributed by atoms with E-state index in [9.17, 15) is 14.7 Å². The number of hydrogen-bond donors (Lipinski definition) is 2. The number of rotatable bonds is 5. The van der Waals surface area contributed by atoms with E-state index in [1.54, 1.807) is 0 Å². The number of nitrogens with zero attached hydrogens (tertiary/aromatic N) is 1. The number of aliphatic hydroxyl groups is 1. The van der Waals surface area contributed by atoms with Gasteiger partial charge in [0.25, 0.3) is 5.56 Å². The van der Waals surface area contributed by atoms with E-state index in [-0.39, 0.29) is 17.4 Å². The van der Waals surface area contributed by atoms with Crippen molar-refractivity contribution in [2.45, 2.75) is 65.0 Å². The van der Waals surface area contributed by atoms with Gasteiger partial charge in [-0.15, -0.1) is 0 Å². The molecule has 0 saturated carbocycles. The standard InChI is InChI=1S/C26H30N2O3/c1-15(2)23-22(14-18-12-16(3)11-17(4)13-18)28(26(31)27-24(23)29)25(30)21-10-9-19-7-5-6-8-20(19)21/h5-8,11-13,15,21,25,30H,9-10,14H2,1-4H3,(H,27,29,31). The van der Waals surface area contributed by atoms with Crippen LogP contribution in [0, 0.1) is 13.8 Å². The van der Waals surface area contributed by atoms with Crippen molar-refractivity contribution >= 4 is 0 Å². The Balaban J connectivity index is 1.88. The van der Waals surface area contributed by atoms with Crippen LogP contribution in [0.2, 0.25) is 0 Å². The van der Waals surface area contributed by atoms with Gasteiger partial charge in [0.05, 0.1) is 0 Å². The van der Waals surface area contributed by atoms with Crippen LogP contribution < -0.4 is 11.2 Å². The smallest absolute Gasteiger partial charge is 0.330 e. The van der Waals surface area contributed by atoms with Gasteiger partial charge in [-0.2, -0.15) is 0 Å². The van der Waals surface area contributed by atoms with Crippen LogP contribution in [0.4, 0.5) is 0 Å². The molecule has 0 saturated heterocycles. The Bertz CT molecular complexity index is 1220. The van der Waals surface area contributed by atoms with Crippen LogP contribution in [-0.4, -0.2) is 14.7 Å². The van der Waals surface area contributed by atoms with Crippen molar-refractivity contribution in [2.75, 3.05) is 0 Å². The summed E-state index contributed by atoms with van der Waals surface area (Å²) in [6.07, 6.45) is 1.03. The fraction of sp³-hybridized carbons (Fsp3) is 0.385. The molecule has 1 aliphatic rings. The Labute approximate surface area is 182 Å². The molecule has 2 atom stereocenters. The van der Waals surface area contributed by atoms with Gasteiger partial charge in [-0.25, -0.2) is 4.79 Å². The molecule has 5 nitrogen and oxygen atoms in total. The summed E-state index contributed by atoms with van der Waals surface area (Å²) in [5.41, 5.74) is 5.82. The Morgan fingerprint density at radius 2 is 1.77 bits per heavy atom. The highest BCUT2D eigenvalue weighted by atomic mass is 16.3. The molecular formula is C26H30N2O3. The summed E-state index contributed by atoms with van der Waals surface area (Å²) in [6.45, 7) is 7.97. The van der Waals surface area contributed by atoms with Crippen molar-refractivity contribution in [3.63, 3.8) is 0 Å². The molecule has 1 heterocycles. The molecule has 2 aromatic carbocycles. The molecule has 2 N–H and O–H groups in total. The molecular weight excluding hydrogens is 388 g/mol. The molecule has 0 bridgehead atoms. The van der Waals surface area contributed by atoms with Gasteiger partial charge in [0.1, 0.15) is 6.23 Å². The molecule has 0 spiro atoms. The second-order valence-corrected chi connectivity index (χ2v) is 9.07. The number of aromatic nitrogens is 2. The van der Waals surface area contributed by atoms with Crippen LogP contribution in [0.5, 0.6) is 0 Å². The molecule has 0 aliphatic heterocycles. The van der Waals surface area contributed by atoms with Gasteiger partial charge in [-0.05, 0) is 49.3 Å². The number of hydrogen-bond acceptors (Lipinski definition) is 3. The van der Waals surface area contributed by atoms with Crippen LogP contribution in [0.1, 0.15) is 77.4 Å². The summed E-state index contributed by atoms with van der Waals surface area (Å²) in [6, 6.07) is 14.3. The Morgan fingerprint density at radius 1 is 1.10 bits per heavy atom. The van der Waals surface area contributed by atoms with E-state index in [0.29, 0.717) is 17.7 Å². The van der Waals surface area contributed by atoms with Crippen molar-refractivity contribution in [3.05, 3.63) is 102 Å². The molecule has 2 unspecified atom stereocenters. The largest absolute Gasteiger partial charge is 0.372 e. The number of H-pyrrole nitrogens is 1. The second kappa shape index (κ2) is 8.31. The van der Waals surface area contributed by atoms with Crippen LogP contribution >= 0.6 is 0 Å². The molecule has 1 aromatic heterocycles. The summed E-state index contributed by atoms with van der Waals surface area (Å²) in [4.78, 5) is 28.2. The van der Waals surface area contributed by atoms with Gasteiger partial charge in [-0.1, -0.05) is 67.4 Å². The topological polar surface area (TPSA) is 75.1 Å². The van der Waals surface area contributed by atoms with Gasteiger partial charge < -0.3 is 5.11 Å². The third kappa shape index (κ3) is 4.02. The first-order valence-electron chi connectivity index (χ1n) is 11.0. The number of nitrogens with one attached hydrogen (secondary N) is 1. The van der Waals surface area contributed by atoms with Crippen molar-refractivity contribution in [1.29, 1.82) is 0 Å². The van der Waals surface area contributed by atoms with E-state index in [1.165, 1.54) is 10.1 Å². The lowest BCUT2D eigenvalue weighted by Gasteiger charge is -2.26. The van der Waals surface area contributed by atoms with Crippen LogP contribution in [0.25, 0.3) is 0 Å². The monoisotopic (exact) mass is 418 g/mol. The molecule has 4 rings (SSSR count). The molecule has 162 valence electrons. The SMILES string of the molecule is Cc1cc(C)cc(Cc2c(C(C)C)c(=O)[nH]c(=O)n2C(O)C2CCc3ccccc32)c1. The fourth-order valence-electron chi connectivity index (χ4n) is 5.11. The van der Waals surface area contributed by atoms with Crippen LogP contribution in [0.3, 0.4) is 0 Å². The zero-order valence-corrected chi connectivity index (χ0v) is 18.6. The van der Waals surface area contributed by atoms with E-state index >= 15 is 0 Å². The second-order valence-electron chi connectivity index (χ2n) is 9.07. The predicted octanol–water partition coefficient (Wildman–Crippen LogP) is 4.09. The highest BCUT2D eigenvalue weighted by Crippen LogP contribution is 2.39. The number of aromatic amines is 1. The van der Waals surface area contributed by atoms with Gasteiger partial charge in [0, 0.05) is 23.6 Å². The molecule has 3 aromatic rings. The predicted molar refractivity (Wildman–Crippen MR) is 123 cm³/mol. The van der Waals surface area contributed by atoms with Crippen LogP contribution in [0.15, 0.2) is 52.1 Å². The normalized spacial score (nSPS) is 16.5. The van der Waals surface area contributed by atoms with Gasteiger partial charge in [0.2, 0.25) is 0 Å². The van der Waals surface area contributed by atoms with E-state index in [2.05, 4.69) is 29.2 Å². The zero-order valence-electron chi connectivity index (χ0n) is 18.6. The van der Waals surface area contributed by atoms with Crippen molar-refractivity contribution < 1.29 is 5.11 Å². The maximum atomic E-state index is 13.0. The van der Waals surface area contributed by atoms with E-state index < -0.39 is 11.9 Å². The first-order valence-corrected chi connectivity index (χ1v) is 11.0. The van der Waals surface area contributed by atoms with E-state index in [0.717, 1.165) is 35.1 Å². The van der Waals surface area contributed by atoms with E-state index in [1.807, 2.05) is 45.9 Å².